The first-order valence-corrected chi connectivity index (χ1v) is 14.4. The van der Waals surface area contributed by atoms with Crippen LogP contribution in [0.5, 0.6) is 0 Å². The molecule has 202 valence electrons. The van der Waals surface area contributed by atoms with Gasteiger partial charge in [-0.3, -0.25) is 14.4 Å². The number of hydrogen-bond donors (Lipinski definition) is 2. The zero-order valence-corrected chi connectivity index (χ0v) is 22.4. The lowest BCUT2D eigenvalue weighted by atomic mass is 9.92. The maximum absolute atomic E-state index is 13.5. The van der Waals surface area contributed by atoms with Crippen LogP contribution >= 0.6 is 11.8 Å². The molecule has 0 radical (unpaired) electrons. The lowest BCUT2D eigenvalue weighted by Gasteiger charge is -2.36. The van der Waals surface area contributed by atoms with E-state index in [0.717, 1.165) is 16.9 Å². The molecule has 38 heavy (non-hydrogen) atoms. The minimum absolute atomic E-state index is 0.0541. The smallest absolute Gasteiger partial charge is 0.306 e. The van der Waals surface area contributed by atoms with Crippen LogP contribution in [0.3, 0.4) is 0 Å². The third-order valence-corrected chi connectivity index (χ3v) is 8.18. The topological polar surface area (TPSA) is 95.9 Å². The average molecular weight is 537 g/mol. The van der Waals surface area contributed by atoms with E-state index < -0.39 is 5.92 Å². The number of esters is 1. The van der Waals surface area contributed by atoms with E-state index in [-0.39, 0.29) is 55.9 Å². The first kappa shape index (κ1) is 27.9. The van der Waals surface area contributed by atoms with Crippen LogP contribution in [-0.4, -0.2) is 58.8 Å². The Hall–Kier alpha value is -3.10. The normalized spacial score (nSPS) is 22.4. The summed E-state index contributed by atoms with van der Waals surface area (Å²) in [6.45, 7) is 0.411. The lowest BCUT2D eigenvalue weighted by molar-refractivity contribution is -0.145. The van der Waals surface area contributed by atoms with Crippen LogP contribution < -0.4 is 5.32 Å². The Morgan fingerprint density at radius 1 is 1.05 bits per heavy atom. The van der Waals surface area contributed by atoms with E-state index in [0.29, 0.717) is 31.6 Å². The number of cyclic esters (lactones) is 1. The predicted molar refractivity (Wildman–Crippen MR) is 148 cm³/mol. The Balaban J connectivity index is 1.43. The van der Waals surface area contributed by atoms with Crippen LogP contribution in [0.4, 0.5) is 0 Å². The number of ether oxygens (including phenoxy) is 1. The standard InChI is InChI=1S/C30H36N2O5S/c33-18-27-15-23-11-7-8-13-25(23)17-32(27)28(34)16-24-12-5-2-6-14-29(35)37-19-26(31-30(24)36)21-38-20-22-9-3-1-4-10-22/h1-5,7-11,13,24,26-27,33H,6,12,14-21H2,(H,31,36)/t24-,26-,27+/m1/s1. The van der Waals surface area contributed by atoms with Crippen molar-refractivity contribution in [2.45, 2.75) is 56.5 Å². The highest BCUT2D eigenvalue weighted by Gasteiger charge is 2.32. The van der Waals surface area contributed by atoms with Gasteiger partial charge in [0.15, 0.2) is 0 Å². The van der Waals surface area contributed by atoms with E-state index in [1.54, 1.807) is 16.7 Å². The Morgan fingerprint density at radius 3 is 2.61 bits per heavy atom. The summed E-state index contributed by atoms with van der Waals surface area (Å²) in [7, 11) is 0. The van der Waals surface area contributed by atoms with Crippen molar-refractivity contribution in [3.63, 3.8) is 0 Å². The van der Waals surface area contributed by atoms with Gasteiger partial charge >= 0.3 is 5.97 Å². The van der Waals surface area contributed by atoms with Crippen molar-refractivity contribution < 1.29 is 24.2 Å². The fourth-order valence-corrected chi connectivity index (χ4v) is 5.85. The second-order valence-electron chi connectivity index (χ2n) is 9.87. The molecule has 2 aliphatic heterocycles. The maximum atomic E-state index is 13.5. The molecule has 2 heterocycles. The molecule has 0 saturated heterocycles. The second kappa shape index (κ2) is 14.2. The Bertz CT molecular complexity index is 1120. The highest BCUT2D eigenvalue weighted by molar-refractivity contribution is 7.98. The fourth-order valence-electron chi connectivity index (χ4n) is 4.84. The number of nitrogens with zero attached hydrogens (tertiary/aromatic N) is 1. The zero-order valence-electron chi connectivity index (χ0n) is 21.6. The Kier molecular flexibility index (Phi) is 10.4. The number of aliphatic hydroxyl groups is 1. The van der Waals surface area contributed by atoms with Gasteiger partial charge in [0, 0.05) is 30.9 Å². The monoisotopic (exact) mass is 536 g/mol. The van der Waals surface area contributed by atoms with Crippen LogP contribution in [-0.2, 0) is 37.8 Å². The van der Waals surface area contributed by atoms with Gasteiger partial charge < -0.3 is 20.1 Å². The third-order valence-electron chi connectivity index (χ3n) is 7.00. The summed E-state index contributed by atoms with van der Waals surface area (Å²) in [4.78, 5) is 40.7. The third kappa shape index (κ3) is 7.95. The molecule has 4 rings (SSSR count). The summed E-state index contributed by atoms with van der Waals surface area (Å²) >= 11 is 1.67. The number of benzene rings is 2. The SMILES string of the molecule is O=C1CCC=CC[C@H](CC(=O)N2Cc3ccccc3C[C@H]2CO)C(=O)N[C@@H](CSCc2ccccc2)CO1. The lowest BCUT2D eigenvalue weighted by Crippen LogP contribution is -2.48. The van der Waals surface area contributed by atoms with E-state index in [2.05, 4.69) is 17.4 Å². The summed E-state index contributed by atoms with van der Waals surface area (Å²) in [6.07, 6.45) is 5.62. The van der Waals surface area contributed by atoms with Crippen molar-refractivity contribution in [1.82, 2.24) is 10.2 Å². The molecule has 2 aliphatic rings. The van der Waals surface area contributed by atoms with Gasteiger partial charge in [-0.25, -0.2) is 0 Å². The molecular formula is C30H36N2O5S. The highest BCUT2D eigenvalue weighted by atomic mass is 32.2. The second-order valence-corrected chi connectivity index (χ2v) is 10.9. The van der Waals surface area contributed by atoms with Gasteiger partial charge in [0.1, 0.15) is 6.61 Å². The van der Waals surface area contributed by atoms with Crippen molar-refractivity contribution in [3.05, 3.63) is 83.4 Å². The maximum Gasteiger partial charge on any atom is 0.306 e. The average Bonchev–Trinajstić information content (AvgIpc) is 2.94. The molecule has 0 spiro atoms. The molecule has 0 saturated carbocycles. The molecule has 2 N–H and O–H groups in total. The summed E-state index contributed by atoms with van der Waals surface area (Å²) in [5.74, 6) is 0.176. The van der Waals surface area contributed by atoms with Gasteiger partial charge in [-0.2, -0.15) is 11.8 Å². The number of rotatable bonds is 7. The first-order chi connectivity index (χ1) is 18.5. The van der Waals surface area contributed by atoms with Crippen LogP contribution in [0.15, 0.2) is 66.7 Å². The molecule has 0 aliphatic carbocycles. The molecular weight excluding hydrogens is 500 g/mol. The van der Waals surface area contributed by atoms with Crippen molar-refractivity contribution in [2.75, 3.05) is 19.0 Å². The van der Waals surface area contributed by atoms with E-state index in [9.17, 15) is 19.5 Å². The molecule has 0 aromatic heterocycles. The molecule has 8 heteroatoms. The van der Waals surface area contributed by atoms with E-state index in [1.807, 2.05) is 54.6 Å². The van der Waals surface area contributed by atoms with Gasteiger partial charge in [0.05, 0.1) is 24.6 Å². The van der Waals surface area contributed by atoms with Gasteiger partial charge in [0.25, 0.3) is 0 Å². The van der Waals surface area contributed by atoms with Crippen molar-refractivity contribution in [2.24, 2.45) is 5.92 Å². The molecule has 0 bridgehead atoms. The van der Waals surface area contributed by atoms with Crippen LogP contribution in [0, 0.1) is 5.92 Å². The minimum Gasteiger partial charge on any atom is -0.463 e. The number of amides is 2. The molecule has 7 nitrogen and oxygen atoms in total. The Morgan fingerprint density at radius 2 is 1.82 bits per heavy atom. The molecule has 2 aromatic rings. The number of nitrogens with one attached hydrogen (secondary N) is 1. The summed E-state index contributed by atoms with van der Waals surface area (Å²) < 4.78 is 5.45. The van der Waals surface area contributed by atoms with Gasteiger partial charge in [-0.05, 0) is 36.0 Å². The van der Waals surface area contributed by atoms with Crippen LogP contribution in [0.1, 0.15) is 42.4 Å². The van der Waals surface area contributed by atoms with E-state index in [4.69, 9.17) is 4.74 Å². The van der Waals surface area contributed by atoms with Crippen LogP contribution in [0.25, 0.3) is 0 Å². The number of carbonyl (C=O) groups excluding carboxylic acids is 3. The molecule has 0 unspecified atom stereocenters. The number of hydrogen-bond acceptors (Lipinski definition) is 6. The zero-order chi connectivity index (χ0) is 26.7. The number of aliphatic hydroxyl groups excluding tert-OH is 1. The van der Waals surface area contributed by atoms with Gasteiger partial charge in [-0.1, -0.05) is 66.7 Å². The van der Waals surface area contributed by atoms with Gasteiger partial charge in [-0.15, -0.1) is 0 Å². The van der Waals surface area contributed by atoms with Crippen molar-refractivity contribution in [1.29, 1.82) is 0 Å². The van der Waals surface area contributed by atoms with Gasteiger partial charge in [0.2, 0.25) is 11.8 Å². The summed E-state index contributed by atoms with van der Waals surface area (Å²) in [6, 6.07) is 17.4. The summed E-state index contributed by atoms with van der Waals surface area (Å²) in [5, 5.41) is 13.0. The van der Waals surface area contributed by atoms with E-state index in [1.165, 1.54) is 5.56 Å². The highest BCUT2D eigenvalue weighted by Crippen LogP contribution is 2.25. The number of allylic oxidation sites excluding steroid dienone is 2. The Labute approximate surface area is 228 Å². The summed E-state index contributed by atoms with van der Waals surface area (Å²) in [5.41, 5.74) is 3.41. The minimum atomic E-state index is -0.549. The number of carbonyl (C=O) groups is 3. The van der Waals surface area contributed by atoms with E-state index >= 15 is 0 Å². The quantitative estimate of drug-likeness (QED) is 0.414. The molecule has 2 amide bonds. The fraction of sp³-hybridized carbons (Fsp3) is 0.433. The molecule has 3 atom stereocenters. The van der Waals surface area contributed by atoms with Crippen molar-refractivity contribution in [3.8, 4) is 0 Å². The largest absolute Gasteiger partial charge is 0.463 e. The predicted octanol–water partition coefficient (Wildman–Crippen LogP) is 3.64. The van der Waals surface area contributed by atoms with Crippen LogP contribution in [0.2, 0.25) is 0 Å². The van der Waals surface area contributed by atoms with Crippen molar-refractivity contribution >= 4 is 29.5 Å². The number of thioether (sulfide) groups is 1. The molecule has 0 fully saturated rings. The number of fused-ring (bicyclic) bond motifs is 1. The first-order valence-electron chi connectivity index (χ1n) is 13.2. The molecule has 2 aromatic carbocycles.